The molecule has 1 aliphatic rings. The van der Waals surface area contributed by atoms with Crippen LogP contribution >= 0.6 is 11.8 Å². The average Bonchev–Trinajstić information content (AvgIpc) is 3.03. The van der Waals surface area contributed by atoms with Gasteiger partial charge in [0, 0.05) is 12.3 Å². The Hall–Kier alpha value is -0.660. The Bertz CT molecular complexity index is 336. The van der Waals surface area contributed by atoms with Crippen molar-refractivity contribution < 1.29 is 0 Å². The fraction of sp³-hybridized carbons (Fsp3) is 0.909. The van der Waals surface area contributed by atoms with Gasteiger partial charge in [0.2, 0.25) is 5.16 Å². The first-order chi connectivity index (χ1) is 8.90. The quantitative estimate of drug-likeness (QED) is 0.547. The topological polar surface area (TPSA) is 58.9 Å². The van der Waals surface area contributed by atoms with Gasteiger partial charge in [-0.15, -0.1) is 5.10 Å². The molecule has 2 rings (SSSR count). The summed E-state index contributed by atoms with van der Waals surface area (Å²) >= 11 is 1.76. The van der Waals surface area contributed by atoms with E-state index in [0.29, 0.717) is 0 Å². The smallest absolute Gasteiger partial charge is 0.209 e. The van der Waals surface area contributed by atoms with Crippen molar-refractivity contribution in [3.63, 3.8) is 0 Å². The third-order valence-corrected chi connectivity index (χ3v) is 4.16. The molecule has 1 aromatic rings. The summed E-state index contributed by atoms with van der Waals surface area (Å²) in [6.45, 7) is 5.50. The van der Waals surface area contributed by atoms with Gasteiger partial charge in [0.25, 0.3) is 0 Å². The van der Waals surface area contributed by atoms with Crippen LogP contribution in [0.1, 0.15) is 19.3 Å². The number of nitrogens with one attached hydrogen (secondary N) is 1. The zero-order chi connectivity index (χ0) is 12.6. The number of likely N-dealkylation sites (tertiary alicyclic amines) is 1. The van der Waals surface area contributed by atoms with E-state index in [1.807, 2.05) is 11.7 Å². The molecule has 1 fully saturated rings. The molecule has 1 aromatic heterocycles. The molecule has 0 bridgehead atoms. The van der Waals surface area contributed by atoms with Crippen LogP contribution in [0.5, 0.6) is 0 Å². The van der Waals surface area contributed by atoms with Crippen LogP contribution in [0.25, 0.3) is 0 Å². The molecule has 0 atom stereocenters. The summed E-state index contributed by atoms with van der Waals surface area (Å²) in [5.74, 6) is 1.09. The lowest BCUT2D eigenvalue weighted by molar-refractivity contribution is 0.341. The van der Waals surface area contributed by atoms with Crippen molar-refractivity contribution in [1.29, 1.82) is 0 Å². The first kappa shape index (κ1) is 13.8. The first-order valence-corrected chi connectivity index (χ1v) is 7.64. The Morgan fingerprint density at radius 2 is 2.11 bits per heavy atom. The molecule has 0 aromatic carbocycles. The Kier molecular flexibility index (Phi) is 5.89. The van der Waals surface area contributed by atoms with Crippen LogP contribution in [0.4, 0.5) is 0 Å². The van der Waals surface area contributed by atoms with E-state index in [9.17, 15) is 0 Å². The Morgan fingerprint density at radius 1 is 1.28 bits per heavy atom. The molecule has 7 heteroatoms. The summed E-state index contributed by atoms with van der Waals surface area (Å²) in [4.78, 5) is 2.55. The third kappa shape index (κ3) is 4.22. The number of nitrogens with zero attached hydrogens (tertiary/aromatic N) is 5. The molecule has 18 heavy (non-hydrogen) atoms. The lowest BCUT2D eigenvalue weighted by Crippen LogP contribution is -2.20. The monoisotopic (exact) mass is 270 g/mol. The lowest BCUT2D eigenvalue weighted by atomic mass is 10.4. The first-order valence-electron chi connectivity index (χ1n) is 6.66. The fourth-order valence-corrected chi connectivity index (χ4v) is 2.94. The van der Waals surface area contributed by atoms with Crippen molar-refractivity contribution >= 4 is 11.8 Å². The minimum atomic E-state index is 0.831. The minimum absolute atomic E-state index is 0.831. The van der Waals surface area contributed by atoms with E-state index in [2.05, 4.69) is 25.7 Å². The highest BCUT2D eigenvalue weighted by Gasteiger charge is 2.11. The predicted molar refractivity (Wildman–Crippen MR) is 72.8 cm³/mol. The van der Waals surface area contributed by atoms with Crippen molar-refractivity contribution in [2.24, 2.45) is 0 Å². The summed E-state index contributed by atoms with van der Waals surface area (Å²) in [5.41, 5.74) is 0. The van der Waals surface area contributed by atoms with Crippen molar-refractivity contribution in [2.45, 2.75) is 31.0 Å². The Labute approximate surface area is 112 Å². The van der Waals surface area contributed by atoms with Gasteiger partial charge < -0.3 is 10.2 Å². The maximum absolute atomic E-state index is 4.06. The molecule has 0 amide bonds. The summed E-state index contributed by atoms with van der Waals surface area (Å²) < 4.78 is 1.87. The van der Waals surface area contributed by atoms with Crippen LogP contribution in [0, 0.1) is 0 Å². The second kappa shape index (κ2) is 7.70. The molecule has 1 aliphatic heterocycles. The molecular formula is C11H22N6S. The normalized spacial score (nSPS) is 16.5. The molecule has 0 radical (unpaired) electrons. The Morgan fingerprint density at radius 3 is 2.89 bits per heavy atom. The van der Waals surface area contributed by atoms with E-state index in [-0.39, 0.29) is 0 Å². The van der Waals surface area contributed by atoms with E-state index >= 15 is 0 Å². The number of aromatic nitrogens is 4. The van der Waals surface area contributed by atoms with Crippen LogP contribution in [-0.2, 0) is 6.54 Å². The van der Waals surface area contributed by atoms with Crippen LogP contribution in [0.2, 0.25) is 0 Å². The molecule has 102 valence electrons. The van der Waals surface area contributed by atoms with Crippen LogP contribution in [0.15, 0.2) is 5.16 Å². The standard InChI is InChI=1S/C11H22N6S/c1-12-5-9-17-11(13-14-15-17)18-10-4-8-16-6-2-3-7-16/h12H,2-10H2,1H3. The van der Waals surface area contributed by atoms with Crippen LogP contribution in [-0.4, -0.2) is 64.1 Å². The zero-order valence-corrected chi connectivity index (χ0v) is 11.8. The van der Waals surface area contributed by atoms with Gasteiger partial charge in [-0.1, -0.05) is 11.8 Å². The van der Waals surface area contributed by atoms with E-state index in [4.69, 9.17) is 0 Å². The summed E-state index contributed by atoms with van der Waals surface area (Å²) in [7, 11) is 1.94. The van der Waals surface area contributed by atoms with Crippen LogP contribution < -0.4 is 5.32 Å². The van der Waals surface area contributed by atoms with E-state index < -0.39 is 0 Å². The third-order valence-electron chi connectivity index (χ3n) is 3.12. The van der Waals surface area contributed by atoms with Gasteiger partial charge in [0.15, 0.2) is 0 Å². The second-order valence-corrected chi connectivity index (χ2v) is 5.60. The van der Waals surface area contributed by atoms with Crippen molar-refractivity contribution in [3.05, 3.63) is 0 Å². The van der Waals surface area contributed by atoms with Gasteiger partial charge in [-0.05, 0) is 56.4 Å². The average molecular weight is 270 g/mol. The summed E-state index contributed by atoms with van der Waals surface area (Å²) in [5, 5.41) is 15.8. The van der Waals surface area contributed by atoms with Crippen molar-refractivity contribution in [1.82, 2.24) is 30.4 Å². The summed E-state index contributed by atoms with van der Waals surface area (Å²) in [6, 6.07) is 0. The molecule has 0 spiro atoms. The highest BCUT2D eigenvalue weighted by Crippen LogP contribution is 2.15. The molecule has 1 saturated heterocycles. The Balaban J connectivity index is 1.64. The largest absolute Gasteiger partial charge is 0.318 e. The molecule has 2 heterocycles. The van der Waals surface area contributed by atoms with Gasteiger partial charge in [0.1, 0.15) is 0 Å². The zero-order valence-electron chi connectivity index (χ0n) is 11.0. The number of hydrogen-bond donors (Lipinski definition) is 1. The maximum Gasteiger partial charge on any atom is 0.209 e. The van der Waals surface area contributed by atoms with E-state index in [1.165, 1.54) is 38.9 Å². The number of likely N-dealkylation sites (N-methyl/N-ethyl adjacent to an activating group) is 1. The number of rotatable bonds is 8. The van der Waals surface area contributed by atoms with Gasteiger partial charge in [-0.3, -0.25) is 0 Å². The summed E-state index contributed by atoms with van der Waals surface area (Å²) in [6.07, 6.45) is 3.95. The molecule has 1 N–H and O–H groups in total. The van der Waals surface area contributed by atoms with E-state index in [0.717, 1.165) is 24.0 Å². The molecule has 0 aliphatic carbocycles. The minimum Gasteiger partial charge on any atom is -0.318 e. The molecule has 6 nitrogen and oxygen atoms in total. The number of tetrazole rings is 1. The lowest BCUT2D eigenvalue weighted by Gasteiger charge is -2.13. The molecule has 0 saturated carbocycles. The van der Waals surface area contributed by atoms with Crippen molar-refractivity contribution in [2.75, 3.05) is 39.0 Å². The fourth-order valence-electron chi connectivity index (χ4n) is 2.12. The van der Waals surface area contributed by atoms with Crippen LogP contribution in [0.3, 0.4) is 0 Å². The number of hydrogen-bond acceptors (Lipinski definition) is 6. The number of thioether (sulfide) groups is 1. The molecule has 0 unspecified atom stereocenters. The van der Waals surface area contributed by atoms with Crippen molar-refractivity contribution in [3.8, 4) is 0 Å². The van der Waals surface area contributed by atoms with Gasteiger partial charge >= 0.3 is 0 Å². The van der Waals surface area contributed by atoms with E-state index in [1.54, 1.807) is 11.8 Å². The predicted octanol–water partition coefficient (Wildman–Crippen LogP) is 0.470. The van der Waals surface area contributed by atoms with Gasteiger partial charge in [-0.2, -0.15) is 0 Å². The SMILES string of the molecule is CNCCn1nnnc1SCCCN1CCCC1. The second-order valence-electron chi connectivity index (χ2n) is 4.54. The highest BCUT2D eigenvalue weighted by atomic mass is 32.2. The van der Waals surface area contributed by atoms with Gasteiger partial charge in [0.05, 0.1) is 6.54 Å². The molecular weight excluding hydrogens is 248 g/mol. The highest BCUT2D eigenvalue weighted by molar-refractivity contribution is 7.99. The van der Waals surface area contributed by atoms with Gasteiger partial charge in [-0.25, -0.2) is 4.68 Å². The maximum atomic E-state index is 4.06.